The minimum Gasteiger partial charge on any atom is -0.466 e. The zero-order valence-electron chi connectivity index (χ0n) is 12.6. The maximum atomic E-state index is 12.1. The van der Waals surface area contributed by atoms with Gasteiger partial charge >= 0.3 is 11.9 Å². The minimum atomic E-state index is -0.536. The Balaban J connectivity index is 2.78. The molecule has 1 aromatic carbocycles. The van der Waals surface area contributed by atoms with Gasteiger partial charge in [0.1, 0.15) is 5.60 Å². The molecule has 0 saturated carbocycles. The molecule has 1 rings (SSSR count). The van der Waals surface area contributed by atoms with Crippen LogP contribution in [0, 0.1) is 0 Å². The van der Waals surface area contributed by atoms with Crippen molar-refractivity contribution in [3.63, 3.8) is 0 Å². The first-order valence-electron chi connectivity index (χ1n) is 6.80. The van der Waals surface area contributed by atoms with Crippen molar-refractivity contribution in [1.82, 2.24) is 0 Å². The van der Waals surface area contributed by atoms with Crippen LogP contribution in [-0.4, -0.2) is 24.1 Å². The summed E-state index contributed by atoms with van der Waals surface area (Å²) in [6, 6.07) is 7.18. The lowest BCUT2D eigenvalue weighted by Gasteiger charge is -2.20. The van der Waals surface area contributed by atoms with Gasteiger partial charge < -0.3 is 9.47 Å². The van der Waals surface area contributed by atoms with Gasteiger partial charge in [-0.15, -0.1) is 0 Å². The number of ether oxygens (including phenoxy) is 2. The molecule has 0 unspecified atom stereocenters. The van der Waals surface area contributed by atoms with Crippen LogP contribution >= 0.6 is 0 Å². The van der Waals surface area contributed by atoms with Gasteiger partial charge in [0.15, 0.2) is 0 Å². The molecule has 0 saturated heterocycles. The lowest BCUT2D eigenvalue weighted by molar-refractivity contribution is -0.143. The third-order valence-corrected chi connectivity index (χ3v) is 2.54. The SMILES string of the molecule is CCOC(=O)CCc1ccccc1C(=O)OC(C)(C)C. The van der Waals surface area contributed by atoms with Crippen molar-refractivity contribution in [1.29, 1.82) is 0 Å². The molecule has 110 valence electrons. The number of rotatable bonds is 5. The first-order valence-corrected chi connectivity index (χ1v) is 6.80. The standard InChI is InChI=1S/C16H22O4/c1-5-19-14(17)11-10-12-8-6-7-9-13(12)15(18)20-16(2,3)4/h6-9H,5,10-11H2,1-4H3. The van der Waals surface area contributed by atoms with E-state index in [0.717, 1.165) is 5.56 Å². The number of benzene rings is 1. The number of aryl methyl sites for hydroxylation is 1. The molecule has 0 amide bonds. The highest BCUT2D eigenvalue weighted by molar-refractivity contribution is 5.91. The molecule has 0 N–H and O–H groups in total. The van der Waals surface area contributed by atoms with Gasteiger partial charge in [-0.05, 0) is 45.7 Å². The van der Waals surface area contributed by atoms with Crippen molar-refractivity contribution in [2.24, 2.45) is 0 Å². The van der Waals surface area contributed by atoms with E-state index in [1.807, 2.05) is 32.9 Å². The first-order chi connectivity index (χ1) is 9.33. The fourth-order valence-corrected chi connectivity index (χ4v) is 1.74. The summed E-state index contributed by atoms with van der Waals surface area (Å²) in [4.78, 5) is 23.5. The second kappa shape index (κ2) is 7.08. The van der Waals surface area contributed by atoms with E-state index >= 15 is 0 Å². The topological polar surface area (TPSA) is 52.6 Å². The minimum absolute atomic E-state index is 0.258. The van der Waals surface area contributed by atoms with E-state index in [-0.39, 0.29) is 18.4 Å². The third kappa shape index (κ3) is 5.43. The molecule has 20 heavy (non-hydrogen) atoms. The number of esters is 2. The summed E-state index contributed by atoms with van der Waals surface area (Å²) in [5, 5.41) is 0. The van der Waals surface area contributed by atoms with Gasteiger partial charge in [0.05, 0.1) is 12.2 Å². The Morgan fingerprint density at radius 1 is 1.15 bits per heavy atom. The summed E-state index contributed by atoms with van der Waals surface area (Å²) < 4.78 is 10.3. The van der Waals surface area contributed by atoms with Crippen LogP contribution in [0.15, 0.2) is 24.3 Å². The van der Waals surface area contributed by atoms with Crippen molar-refractivity contribution < 1.29 is 19.1 Å². The molecule has 0 radical (unpaired) electrons. The van der Waals surface area contributed by atoms with Crippen molar-refractivity contribution in [3.8, 4) is 0 Å². The van der Waals surface area contributed by atoms with E-state index in [0.29, 0.717) is 18.6 Å². The lowest BCUT2D eigenvalue weighted by Crippen LogP contribution is -2.24. The largest absolute Gasteiger partial charge is 0.466 e. The smallest absolute Gasteiger partial charge is 0.338 e. The summed E-state index contributed by atoms with van der Waals surface area (Å²) in [7, 11) is 0. The quantitative estimate of drug-likeness (QED) is 0.776. The molecule has 0 bridgehead atoms. The van der Waals surface area contributed by atoms with E-state index in [1.165, 1.54) is 0 Å². The summed E-state index contributed by atoms with van der Waals surface area (Å²) in [6.07, 6.45) is 0.724. The molecule has 4 heteroatoms. The molecular weight excluding hydrogens is 256 g/mol. The van der Waals surface area contributed by atoms with E-state index in [4.69, 9.17) is 9.47 Å². The Kier molecular flexibility index (Phi) is 5.74. The first kappa shape index (κ1) is 16.2. The molecule has 0 spiro atoms. The third-order valence-electron chi connectivity index (χ3n) is 2.54. The average molecular weight is 278 g/mol. The number of carbonyl (C=O) groups excluding carboxylic acids is 2. The molecule has 0 aliphatic carbocycles. The number of hydrogen-bond acceptors (Lipinski definition) is 4. The van der Waals surface area contributed by atoms with E-state index in [2.05, 4.69) is 0 Å². The van der Waals surface area contributed by atoms with Gasteiger partial charge in [-0.1, -0.05) is 18.2 Å². The van der Waals surface area contributed by atoms with Crippen molar-refractivity contribution in [3.05, 3.63) is 35.4 Å². The van der Waals surface area contributed by atoms with Gasteiger partial charge in [-0.25, -0.2) is 4.79 Å². The van der Waals surface area contributed by atoms with Gasteiger partial charge in [-0.2, -0.15) is 0 Å². The summed E-state index contributed by atoms with van der Waals surface area (Å²) in [5.41, 5.74) is 0.771. The summed E-state index contributed by atoms with van der Waals surface area (Å²) in [6.45, 7) is 7.61. The average Bonchev–Trinajstić information content (AvgIpc) is 2.35. The monoisotopic (exact) mass is 278 g/mol. The van der Waals surface area contributed by atoms with Crippen LogP contribution < -0.4 is 0 Å². The van der Waals surface area contributed by atoms with Crippen molar-refractivity contribution in [2.45, 2.75) is 46.1 Å². The Labute approximate surface area is 120 Å². The Morgan fingerprint density at radius 3 is 2.40 bits per heavy atom. The zero-order valence-corrected chi connectivity index (χ0v) is 12.6. The van der Waals surface area contributed by atoms with Gasteiger partial charge in [0.25, 0.3) is 0 Å². The van der Waals surface area contributed by atoms with Crippen LogP contribution in [-0.2, 0) is 20.7 Å². The maximum absolute atomic E-state index is 12.1. The van der Waals surface area contributed by atoms with Crippen LogP contribution in [0.25, 0.3) is 0 Å². The number of carbonyl (C=O) groups is 2. The van der Waals surface area contributed by atoms with Crippen molar-refractivity contribution >= 4 is 11.9 Å². The van der Waals surface area contributed by atoms with E-state index in [9.17, 15) is 9.59 Å². The summed E-state index contributed by atoms with van der Waals surface area (Å²) >= 11 is 0. The van der Waals surface area contributed by atoms with Gasteiger partial charge in [0, 0.05) is 6.42 Å². The maximum Gasteiger partial charge on any atom is 0.338 e. The van der Waals surface area contributed by atoms with Crippen LogP contribution in [0.1, 0.15) is 50.0 Å². The molecule has 0 atom stereocenters. The molecule has 0 aliphatic rings. The van der Waals surface area contributed by atoms with Crippen LogP contribution in [0.2, 0.25) is 0 Å². The van der Waals surface area contributed by atoms with E-state index < -0.39 is 5.60 Å². The fourth-order valence-electron chi connectivity index (χ4n) is 1.74. The second-order valence-corrected chi connectivity index (χ2v) is 5.46. The van der Waals surface area contributed by atoms with Crippen LogP contribution in [0.3, 0.4) is 0 Å². The highest BCUT2D eigenvalue weighted by atomic mass is 16.6. The highest BCUT2D eigenvalue weighted by Crippen LogP contribution is 2.17. The van der Waals surface area contributed by atoms with Gasteiger partial charge in [0.2, 0.25) is 0 Å². The lowest BCUT2D eigenvalue weighted by atomic mass is 10.0. The molecule has 0 aliphatic heterocycles. The zero-order chi connectivity index (χ0) is 15.2. The fraction of sp³-hybridized carbons (Fsp3) is 0.500. The van der Waals surface area contributed by atoms with Crippen LogP contribution in [0.4, 0.5) is 0 Å². The van der Waals surface area contributed by atoms with Crippen LogP contribution in [0.5, 0.6) is 0 Å². The number of hydrogen-bond donors (Lipinski definition) is 0. The molecule has 4 nitrogen and oxygen atoms in total. The van der Waals surface area contributed by atoms with Gasteiger partial charge in [-0.3, -0.25) is 4.79 Å². The molecule has 1 aromatic rings. The predicted molar refractivity (Wildman–Crippen MR) is 76.6 cm³/mol. The highest BCUT2D eigenvalue weighted by Gasteiger charge is 2.20. The molecule has 0 heterocycles. The van der Waals surface area contributed by atoms with E-state index in [1.54, 1.807) is 19.1 Å². The predicted octanol–water partition coefficient (Wildman–Crippen LogP) is 3.14. The molecular formula is C16H22O4. The van der Waals surface area contributed by atoms with Crippen molar-refractivity contribution in [2.75, 3.05) is 6.61 Å². The molecule has 0 fully saturated rings. The summed E-state index contributed by atoms with van der Waals surface area (Å²) in [5.74, 6) is -0.622. The Hall–Kier alpha value is -1.84. The molecule has 0 aromatic heterocycles. The Bertz CT molecular complexity index is 472. The normalized spacial score (nSPS) is 11.0. The Morgan fingerprint density at radius 2 is 1.80 bits per heavy atom. The second-order valence-electron chi connectivity index (χ2n) is 5.46.